The van der Waals surface area contributed by atoms with Gasteiger partial charge in [-0.15, -0.1) is 0 Å². The Morgan fingerprint density at radius 1 is 1.28 bits per heavy atom. The van der Waals surface area contributed by atoms with E-state index in [1.165, 1.54) is 6.20 Å². The predicted octanol–water partition coefficient (Wildman–Crippen LogP) is 2.46. The maximum absolute atomic E-state index is 12.2. The molecule has 8 heteroatoms. The van der Waals surface area contributed by atoms with Gasteiger partial charge in [-0.3, -0.25) is 4.79 Å². The average molecular weight is 363 g/mol. The van der Waals surface area contributed by atoms with E-state index in [9.17, 15) is 14.9 Å². The van der Waals surface area contributed by atoms with Crippen LogP contribution in [0, 0.1) is 11.3 Å². The molecule has 2 amide bonds. The fourth-order valence-corrected chi connectivity index (χ4v) is 2.43. The van der Waals surface area contributed by atoms with Gasteiger partial charge in [0.1, 0.15) is 11.6 Å². The van der Waals surface area contributed by atoms with Crippen molar-refractivity contribution in [2.24, 2.45) is 0 Å². The quantitative estimate of drug-likeness (QED) is 0.656. The minimum atomic E-state index is -0.488. The summed E-state index contributed by atoms with van der Waals surface area (Å²) in [5.74, 6) is -0.488. The molecule has 25 heavy (non-hydrogen) atoms. The van der Waals surface area contributed by atoms with Crippen LogP contribution in [0.1, 0.15) is 6.92 Å². The van der Waals surface area contributed by atoms with Crippen molar-refractivity contribution in [3.8, 4) is 6.07 Å². The molecule has 1 N–H and O–H groups in total. The van der Waals surface area contributed by atoms with Crippen LogP contribution in [0.2, 0.25) is 5.02 Å². The lowest BCUT2D eigenvalue weighted by molar-refractivity contribution is -0.112. The van der Waals surface area contributed by atoms with Crippen molar-refractivity contribution >= 4 is 29.3 Å². The Hall–Kier alpha value is -2.72. The monoisotopic (exact) mass is 362 g/mol. The van der Waals surface area contributed by atoms with E-state index in [1.807, 2.05) is 11.0 Å². The van der Waals surface area contributed by atoms with Gasteiger partial charge in [0.05, 0.1) is 6.61 Å². The molecule has 1 aromatic carbocycles. The number of amides is 2. The van der Waals surface area contributed by atoms with Crippen LogP contribution in [-0.4, -0.2) is 54.6 Å². The number of piperazine rings is 1. The van der Waals surface area contributed by atoms with Gasteiger partial charge < -0.3 is 19.9 Å². The predicted molar refractivity (Wildman–Crippen MR) is 93.9 cm³/mol. The number of carbonyl (C=O) groups excluding carboxylic acids is 2. The molecule has 1 fully saturated rings. The number of anilines is 1. The van der Waals surface area contributed by atoms with Crippen LogP contribution in [-0.2, 0) is 9.53 Å². The molecular weight excluding hydrogens is 344 g/mol. The Kier molecular flexibility index (Phi) is 6.66. The van der Waals surface area contributed by atoms with Crippen molar-refractivity contribution < 1.29 is 14.3 Å². The van der Waals surface area contributed by atoms with Gasteiger partial charge in [-0.2, -0.15) is 5.26 Å². The molecule has 7 nitrogen and oxygen atoms in total. The molecule has 0 unspecified atom stereocenters. The molecule has 0 bridgehead atoms. The van der Waals surface area contributed by atoms with E-state index in [-0.39, 0.29) is 11.7 Å². The summed E-state index contributed by atoms with van der Waals surface area (Å²) in [6, 6.07) is 8.54. The van der Waals surface area contributed by atoms with Gasteiger partial charge in [-0.05, 0) is 31.2 Å². The van der Waals surface area contributed by atoms with Crippen molar-refractivity contribution in [1.82, 2.24) is 9.80 Å². The second-order valence-corrected chi connectivity index (χ2v) is 5.77. The smallest absolute Gasteiger partial charge is 0.409 e. The number of benzene rings is 1. The van der Waals surface area contributed by atoms with Gasteiger partial charge in [0.25, 0.3) is 5.91 Å². The number of ether oxygens (including phenoxy) is 1. The minimum Gasteiger partial charge on any atom is -0.450 e. The summed E-state index contributed by atoms with van der Waals surface area (Å²) in [6.07, 6.45) is 1.18. The van der Waals surface area contributed by atoms with E-state index < -0.39 is 5.91 Å². The first-order chi connectivity index (χ1) is 12.0. The van der Waals surface area contributed by atoms with Crippen LogP contribution in [0.25, 0.3) is 0 Å². The molecule has 0 saturated carbocycles. The first kappa shape index (κ1) is 18.6. The molecule has 0 spiro atoms. The fourth-order valence-electron chi connectivity index (χ4n) is 2.30. The van der Waals surface area contributed by atoms with Gasteiger partial charge >= 0.3 is 6.09 Å². The first-order valence-corrected chi connectivity index (χ1v) is 8.26. The Balaban J connectivity index is 1.94. The summed E-state index contributed by atoms with van der Waals surface area (Å²) in [7, 11) is 0. The number of nitrogens with zero attached hydrogens (tertiary/aromatic N) is 3. The number of hydrogen-bond acceptors (Lipinski definition) is 5. The van der Waals surface area contributed by atoms with Crippen LogP contribution >= 0.6 is 11.6 Å². The lowest BCUT2D eigenvalue weighted by Crippen LogP contribution is -2.47. The summed E-state index contributed by atoms with van der Waals surface area (Å²) < 4.78 is 4.96. The standard InChI is InChI=1S/C17H19ClN4O3/c1-2-25-17(24)22-9-7-21(8-10-22)12-13(11-19)16(23)20-15-5-3-14(18)4-6-15/h3-6,12H,2,7-10H2,1H3,(H,20,23)/b13-12-. The van der Waals surface area contributed by atoms with Crippen molar-refractivity contribution in [2.75, 3.05) is 38.1 Å². The summed E-state index contributed by atoms with van der Waals surface area (Å²) >= 11 is 5.80. The molecule has 2 rings (SSSR count). The molecule has 1 heterocycles. The Morgan fingerprint density at radius 3 is 2.48 bits per heavy atom. The SMILES string of the molecule is CCOC(=O)N1CCN(/C=C(/C#N)C(=O)Nc2ccc(Cl)cc2)CC1. The van der Waals surface area contributed by atoms with Gasteiger partial charge in [-0.1, -0.05) is 11.6 Å². The third-order valence-electron chi connectivity index (χ3n) is 3.62. The molecule has 0 radical (unpaired) electrons. The van der Waals surface area contributed by atoms with Crippen LogP contribution < -0.4 is 5.32 Å². The second kappa shape index (κ2) is 8.94. The van der Waals surface area contributed by atoms with Crippen molar-refractivity contribution in [3.05, 3.63) is 41.1 Å². The van der Waals surface area contributed by atoms with E-state index in [1.54, 1.807) is 36.1 Å². The highest BCUT2D eigenvalue weighted by Gasteiger charge is 2.21. The highest BCUT2D eigenvalue weighted by atomic mass is 35.5. The summed E-state index contributed by atoms with van der Waals surface area (Å²) in [5.41, 5.74) is 0.558. The van der Waals surface area contributed by atoms with Crippen molar-refractivity contribution in [2.45, 2.75) is 6.92 Å². The number of rotatable bonds is 4. The van der Waals surface area contributed by atoms with Crippen LogP contribution in [0.15, 0.2) is 36.0 Å². The van der Waals surface area contributed by atoms with Crippen molar-refractivity contribution in [1.29, 1.82) is 5.26 Å². The average Bonchev–Trinajstić information content (AvgIpc) is 2.62. The number of nitriles is 1. The first-order valence-electron chi connectivity index (χ1n) is 7.88. The van der Waals surface area contributed by atoms with E-state index in [2.05, 4.69) is 5.32 Å². The highest BCUT2D eigenvalue weighted by molar-refractivity contribution is 6.30. The van der Waals surface area contributed by atoms with E-state index in [0.717, 1.165) is 0 Å². The molecule has 0 aliphatic carbocycles. The molecule has 132 valence electrons. The zero-order valence-electron chi connectivity index (χ0n) is 13.9. The summed E-state index contributed by atoms with van der Waals surface area (Å²) in [4.78, 5) is 27.3. The third-order valence-corrected chi connectivity index (χ3v) is 3.87. The molecular formula is C17H19ClN4O3. The lowest BCUT2D eigenvalue weighted by atomic mass is 10.2. The minimum absolute atomic E-state index is 0.000431. The second-order valence-electron chi connectivity index (χ2n) is 5.34. The Bertz CT molecular complexity index is 689. The maximum atomic E-state index is 12.2. The van der Waals surface area contributed by atoms with Crippen LogP contribution in [0.5, 0.6) is 0 Å². The molecule has 0 aromatic heterocycles. The topological polar surface area (TPSA) is 85.7 Å². The van der Waals surface area contributed by atoms with E-state index in [4.69, 9.17) is 16.3 Å². The molecule has 0 atom stereocenters. The number of carbonyl (C=O) groups is 2. The molecule has 1 aliphatic rings. The number of hydrogen-bond donors (Lipinski definition) is 1. The summed E-state index contributed by atoms with van der Waals surface area (Å²) in [6.45, 7) is 4.11. The Morgan fingerprint density at radius 2 is 1.92 bits per heavy atom. The zero-order chi connectivity index (χ0) is 18.2. The lowest BCUT2D eigenvalue weighted by Gasteiger charge is -2.33. The fraction of sp³-hybridized carbons (Fsp3) is 0.353. The number of halogens is 1. The Labute approximate surface area is 151 Å². The third kappa shape index (κ3) is 5.40. The molecule has 1 saturated heterocycles. The van der Waals surface area contributed by atoms with Gasteiger partial charge in [0.2, 0.25) is 0 Å². The van der Waals surface area contributed by atoms with Gasteiger partial charge in [0, 0.05) is 43.1 Å². The molecule has 1 aromatic rings. The van der Waals surface area contributed by atoms with Gasteiger partial charge in [0.15, 0.2) is 0 Å². The van der Waals surface area contributed by atoms with Crippen LogP contribution in [0.4, 0.5) is 10.5 Å². The zero-order valence-corrected chi connectivity index (χ0v) is 14.6. The molecule has 1 aliphatic heterocycles. The summed E-state index contributed by atoms with van der Waals surface area (Å²) in [5, 5.41) is 12.5. The highest BCUT2D eigenvalue weighted by Crippen LogP contribution is 2.14. The largest absolute Gasteiger partial charge is 0.450 e. The van der Waals surface area contributed by atoms with Gasteiger partial charge in [-0.25, -0.2) is 4.79 Å². The normalized spacial score (nSPS) is 14.7. The number of nitrogens with one attached hydrogen (secondary N) is 1. The van der Waals surface area contributed by atoms with Crippen molar-refractivity contribution in [3.63, 3.8) is 0 Å². The van der Waals surface area contributed by atoms with Crippen LogP contribution in [0.3, 0.4) is 0 Å². The van der Waals surface area contributed by atoms with E-state index >= 15 is 0 Å². The van der Waals surface area contributed by atoms with E-state index in [0.29, 0.717) is 43.5 Å². The maximum Gasteiger partial charge on any atom is 0.409 e.